The average molecular weight is 236 g/mol. The molecule has 1 N–H and O–H groups in total. The summed E-state index contributed by atoms with van der Waals surface area (Å²) in [4.78, 5) is 14.2. The zero-order valence-corrected chi connectivity index (χ0v) is 10.7. The highest BCUT2D eigenvalue weighted by Crippen LogP contribution is 2.23. The van der Waals surface area contributed by atoms with Gasteiger partial charge in [-0.05, 0) is 33.1 Å². The second kappa shape index (κ2) is 4.77. The molecule has 1 aromatic heterocycles. The first-order valence-corrected chi connectivity index (χ1v) is 6.17. The molecule has 2 amide bonds. The maximum Gasteiger partial charge on any atom is 0.323 e. The van der Waals surface area contributed by atoms with E-state index in [0.29, 0.717) is 12.1 Å². The highest BCUT2D eigenvalue weighted by atomic mass is 16.2. The number of hydrogen-bond acceptors (Lipinski definition) is 2. The molecule has 0 bridgehead atoms. The zero-order valence-electron chi connectivity index (χ0n) is 10.7. The highest BCUT2D eigenvalue weighted by Gasteiger charge is 2.29. The lowest BCUT2D eigenvalue weighted by molar-refractivity contribution is 0.133. The van der Waals surface area contributed by atoms with Gasteiger partial charge >= 0.3 is 6.03 Å². The summed E-state index contributed by atoms with van der Waals surface area (Å²) >= 11 is 0. The van der Waals surface area contributed by atoms with Crippen molar-refractivity contribution >= 4 is 11.8 Å². The van der Waals surface area contributed by atoms with Gasteiger partial charge in [0.2, 0.25) is 0 Å². The number of amides is 2. The number of rotatable bonds is 1. The lowest BCUT2D eigenvalue weighted by Crippen LogP contribution is -2.49. The SMILES string of the molecule is CC1CCCC(C)N1C(=O)Nc1ccnn1C. The van der Waals surface area contributed by atoms with Crippen LogP contribution in [0.2, 0.25) is 0 Å². The Morgan fingerprint density at radius 2 is 2.06 bits per heavy atom. The van der Waals surface area contributed by atoms with Crippen molar-refractivity contribution in [2.75, 3.05) is 5.32 Å². The summed E-state index contributed by atoms with van der Waals surface area (Å²) in [6.07, 6.45) is 5.06. The molecule has 0 aromatic carbocycles. The first-order chi connectivity index (χ1) is 8.09. The number of urea groups is 1. The van der Waals surface area contributed by atoms with Gasteiger partial charge in [-0.1, -0.05) is 0 Å². The van der Waals surface area contributed by atoms with Gasteiger partial charge in [0.25, 0.3) is 0 Å². The van der Waals surface area contributed by atoms with E-state index < -0.39 is 0 Å². The van der Waals surface area contributed by atoms with Crippen molar-refractivity contribution in [1.29, 1.82) is 0 Å². The number of piperidine rings is 1. The molecule has 0 saturated carbocycles. The standard InChI is InChI=1S/C12H20N4O/c1-9-5-4-6-10(2)16(9)12(17)14-11-7-8-13-15(11)3/h7-10H,4-6H2,1-3H3,(H,14,17). The molecule has 2 heterocycles. The van der Waals surface area contributed by atoms with Crippen molar-refractivity contribution in [2.24, 2.45) is 7.05 Å². The van der Waals surface area contributed by atoms with E-state index in [0.717, 1.165) is 18.7 Å². The van der Waals surface area contributed by atoms with Crippen LogP contribution in [0.5, 0.6) is 0 Å². The van der Waals surface area contributed by atoms with E-state index in [1.807, 2.05) is 11.9 Å². The normalized spacial score (nSPS) is 24.8. The predicted octanol–water partition coefficient (Wildman–Crippen LogP) is 2.21. The van der Waals surface area contributed by atoms with Crippen LogP contribution in [-0.4, -0.2) is 32.8 Å². The Bertz CT molecular complexity index is 391. The van der Waals surface area contributed by atoms with Gasteiger partial charge in [-0.2, -0.15) is 5.10 Å². The fourth-order valence-electron chi connectivity index (χ4n) is 2.49. The van der Waals surface area contributed by atoms with E-state index in [4.69, 9.17) is 0 Å². The van der Waals surface area contributed by atoms with Crippen LogP contribution in [0, 0.1) is 0 Å². The molecule has 17 heavy (non-hydrogen) atoms. The maximum atomic E-state index is 12.2. The van der Waals surface area contributed by atoms with E-state index in [2.05, 4.69) is 24.3 Å². The number of anilines is 1. The molecule has 1 aromatic rings. The van der Waals surface area contributed by atoms with Crippen LogP contribution < -0.4 is 5.32 Å². The van der Waals surface area contributed by atoms with Gasteiger partial charge in [0.1, 0.15) is 5.82 Å². The molecule has 0 aliphatic carbocycles. The minimum Gasteiger partial charge on any atom is -0.319 e. The summed E-state index contributed by atoms with van der Waals surface area (Å²) in [7, 11) is 1.82. The number of hydrogen-bond donors (Lipinski definition) is 1. The number of aromatic nitrogens is 2. The summed E-state index contributed by atoms with van der Waals surface area (Å²) < 4.78 is 1.66. The molecule has 1 fully saturated rings. The first kappa shape index (κ1) is 12.0. The Hall–Kier alpha value is -1.52. The van der Waals surface area contributed by atoms with Gasteiger partial charge in [-0.3, -0.25) is 10.00 Å². The van der Waals surface area contributed by atoms with Crippen molar-refractivity contribution in [3.05, 3.63) is 12.3 Å². The van der Waals surface area contributed by atoms with Crippen molar-refractivity contribution in [3.63, 3.8) is 0 Å². The van der Waals surface area contributed by atoms with Crippen molar-refractivity contribution < 1.29 is 4.79 Å². The van der Waals surface area contributed by atoms with E-state index in [1.54, 1.807) is 16.9 Å². The second-order valence-corrected chi connectivity index (χ2v) is 4.81. The lowest BCUT2D eigenvalue weighted by atomic mass is 9.98. The number of likely N-dealkylation sites (tertiary alicyclic amines) is 1. The minimum atomic E-state index is -0.0201. The fourth-order valence-corrected chi connectivity index (χ4v) is 2.49. The van der Waals surface area contributed by atoms with Gasteiger partial charge in [0, 0.05) is 25.2 Å². The second-order valence-electron chi connectivity index (χ2n) is 4.81. The monoisotopic (exact) mass is 236 g/mol. The Kier molecular flexibility index (Phi) is 3.36. The summed E-state index contributed by atoms with van der Waals surface area (Å²) in [5.74, 6) is 0.736. The molecule has 0 spiro atoms. The van der Waals surface area contributed by atoms with Gasteiger partial charge in [-0.15, -0.1) is 0 Å². The number of carbonyl (C=O) groups is 1. The number of nitrogens with one attached hydrogen (secondary N) is 1. The Balaban J connectivity index is 2.06. The molecule has 94 valence electrons. The minimum absolute atomic E-state index is 0.0201. The van der Waals surface area contributed by atoms with E-state index in [9.17, 15) is 4.79 Å². The quantitative estimate of drug-likeness (QED) is 0.812. The summed E-state index contributed by atoms with van der Waals surface area (Å²) in [6.45, 7) is 4.22. The van der Waals surface area contributed by atoms with Crippen LogP contribution in [0.15, 0.2) is 12.3 Å². The average Bonchev–Trinajstić information content (AvgIpc) is 2.64. The Morgan fingerprint density at radius 3 is 2.59 bits per heavy atom. The zero-order chi connectivity index (χ0) is 12.4. The molecule has 2 rings (SSSR count). The molecule has 2 atom stereocenters. The Labute approximate surface area is 102 Å². The number of aryl methyl sites for hydroxylation is 1. The number of nitrogens with zero attached hydrogens (tertiary/aromatic N) is 3. The highest BCUT2D eigenvalue weighted by molar-refractivity contribution is 5.88. The van der Waals surface area contributed by atoms with Gasteiger partial charge in [-0.25, -0.2) is 4.79 Å². The topological polar surface area (TPSA) is 50.2 Å². The molecule has 2 unspecified atom stereocenters. The molecule has 5 heteroatoms. The molecule has 5 nitrogen and oxygen atoms in total. The van der Waals surface area contributed by atoms with Crippen molar-refractivity contribution in [3.8, 4) is 0 Å². The third kappa shape index (κ3) is 2.43. The predicted molar refractivity (Wildman–Crippen MR) is 66.8 cm³/mol. The number of carbonyl (C=O) groups excluding carboxylic acids is 1. The van der Waals surface area contributed by atoms with Crippen LogP contribution in [-0.2, 0) is 7.05 Å². The van der Waals surface area contributed by atoms with Gasteiger partial charge in [0.05, 0.1) is 6.20 Å². The van der Waals surface area contributed by atoms with Crippen LogP contribution in [0.3, 0.4) is 0 Å². The maximum absolute atomic E-state index is 12.2. The van der Waals surface area contributed by atoms with E-state index >= 15 is 0 Å². The largest absolute Gasteiger partial charge is 0.323 e. The third-order valence-electron chi connectivity index (χ3n) is 3.48. The third-order valence-corrected chi connectivity index (χ3v) is 3.48. The molecule has 1 aliphatic heterocycles. The van der Waals surface area contributed by atoms with Crippen LogP contribution >= 0.6 is 0 Å². The van der Waals surface area contributed by atoms with E-state index in [-0.39, 0.29) is 6.03 Å². The summed E-state index contributed by atoms with van der Waals surface area (Å²) in [5, 5.41) is 6.94. The summed E-state index contributed by atoms with van der Waals surface area (Å²) in [6, 6.07) is 2.41. The van der Waals surface area contributed by atoms with Crippen LogP contribution in [0.25, 0.3) is 0 Å². The van der Waals surface area contributed by atoms with Gasteiger partial charge in [0.15, 0.2) is 0 Å². The van der Waals surface area contributed by atoms with Crippen molar-refractivity contribution in [2.45, 2.75) is 45.2 Å². The molecule has 1 aliphatic rings. The van der Waals surface area contributed by atoms with Crippen molar-refractivity contribution in [1.82, 2.24) is 14.7 Å². The summed E-state index contributed by atoms with van der Waals surface area (Å²) in [5.41, 5.74) is 0. The lowest BCUT2D eigenvalue weighted by Gasteiger charge is -2.38. The Morgan fingerprint density at radius 1 is 1.41 bits per heavy atom. The fraction of sp³-hybridized carbons (Fsp3) is 0.667. The first-order valence-electron chi connectivity index (χ1n) is 6.17. The smallest absolute Gasteiger partial charge is 0.319 e. The van der Waals surface area contributed by atoms with Crippen LogP contribution in [0.4, 0.5) is 10.6 Å². The molecule has 0 radical (unpaired) electrons. The van der Waals surface area contributed by atoms with E-state index in [1.165, 1.54) is 6.42 Å². The van der Waals surface area contributed by atoms with Gasteiger partial charge < -0.3 is 4.90 Å². The molecular formula is C12H20N4O. The molecule has 1 saturated heterocycles. The van der Waals surface area contributed by atoms with Crippen LogP contribution in [0.1, 0.15) is 33.1 Å². The molecular weight excluding hydrogens is 216 g/mol.